The van der Waals surface area contributed by atoms with Gasteiger partial charge in [-0.15, -0.1) is 0 Å². The molecule has 112 valence electrons. The van der Waals surface area contributed by atoms with E-state index >= 15 is 0 Å². The maximum atomic E-state index is 12.4. The van der Waals surface area contributed by atoms with Crippen molar-refractivity contribution >= 4 is 31.8 Å². The molecule has 1 aliphatic rings. The van der Waals surface area contributed by atoms with Crippen molar-refractivity contribution in [3.8, 4) is 0 Å². The number of rotatable bonds is 5. The Labute approximate surface area is 126 Å². The quantitative estimate of drug-likeness (QED) is 0.527. The Bertz CT molecular complexity index is 575. The van der Waals surface area contributed by atoms with Crippen molar-refractivity contribution in [3.05, 3.63) is 16.7 Å². The number of pyridine rings is 1. The number of nitrogens with zero attached hydrogens (tertiary/aromatic N) is 1. The van der Waals surface area contributed by atoms with Gasteiger partial charge in [0.05, 0.1) is 6.61 Å². The van der Waals surface area contributed by atoms with Crippen molar-refractivity contribution < 1.29 is 13.2 Å². The van der Waals surface area contributed by atoms with Gasteiger partial charge in [0, 0.05) is 29.2 Å². The number of sulfonamides is 1. The molecule has 0 bridgehead atoms. The van der Waals surface area contributed by atoms with Gasteiger partial charge >= 0.3 is 0 Å². The van der Waals surface area contributed by atoms with E-state index in [1.807, 2.05) is 6.92 Å². The molecule has 9 heteroatoms. The van der Waals surface area contributed by atoms with Crippen molar-refractivity contribution in [1.29, 1.82) is 0 Å². The summed E-state index contributed by atoms with van der Waals surface area (Å²) in [6, 6.07) is 1.25. The molecular formula is C11H17BrN4O3S. The average Bonchev–Trinajstić information content (AvgIpc) is 2.92. The first-order valence-corrected chi connectivity index (χ1v) is 8.44. The van der Waals surface area contributed by atoms with E-state index in [9.17, 15) is 8.42 Å². The van der Waals surface area contributed by atoms with Gasteiger partial charge < -0.3 is 10.2 Å². The topological polar surface area (TPSA) is 106 Å². The Morgan fingerprint density at radius 2 is 2.35 bits per heavy atom. The predicted octanol–water partition coefficient (Wildman–Crippen LogP) is 0.833. The molecule has 1 saturated heterocycles. The lowest BCUT2D eigenvalue weighted by Crippen LogP contribution is -2.38. The number of hydrogen-bond acceptors (Lipinski definition) is 6. The van der Waals surface area contributed by atoms with Gasteiger partial charge in [-0.2, -0.15) is 0 Å². The molecule has 2 rings (SSSR count). The summed E-state index contributed by atoms with van der Waals surface area (Å²) in [5.41, 5.74) is 2.30. The Kier molecular flexibility index (Phi) is 4.97. The molecule has 0 saturated carbocycles. The maximum absolute atomic E-state index is 12.4. The van der Waals surface area contributed by atoms with Crippen molar-refractivity contribution in [2.75, 3.05) is 18.6 Å². The van der Waals surface area contributed by atoms with E-state index in [0.717, 1.165) is 6.42 Å². The molecule has 1 aliphatic heterocycles. The van der Waals surface area contributed by atoms with Crippen LogP contribution in [-0.4, -0.2) is 32.7 Å². The third kappa shape index (κ3) is 3.47. The molecule has 0 spiro atoms. The highest BCUT2D eigenvalue weighted by atomic mass is 79.9. The fourth-order valence-electron chi connectivity index (χ4n) is 2.09. The molecule has 0 radical (unpaired) electrons. The Morgan fingerprint density at radius 1 is 1.60 bits per heavy atom. The minimum atomic E-state index is -3.70. The molecule has 2 atom stereocenters. The summed E-state index contributed by atoms with van der Waals surface area (Å²) < 4.78 is 33.3. The van der Waals surface area contributed by atoms with Gasteiger partial charge in [-0.3, -0.25) is 0 Å². The van der Waals surface area contributed by atoms with E-state index in [-0.39, 0.29) is 22.7 Å². The molecule has 1 aromatic heterocycles. The molecule has 1 fully saturated rings. The molecule has 7 nitrogen and oxygen atoms in total. The van der Waals surface area contributed by atoms with E-state index in [2.05, 4.69) is 31.1 Å². The molecule has 0 aliphatic carbocycles. The molecule has 4 N–H and O–H groups in total. The molecule has 20 heavy (non-hydrogen) atoms. The minimum Gasteiger partial charge on any atom is -0.381 e. The molecule has 0 amide bonds. The third-order valence-electron chi connectivity index (χ3n) is 3.26. The zero-order chi connectivity index (χ0) is 14.8. The van der Waals surface area contributed by atoms with Crippen LogP contribution in [0.25, 0.3) is 0 Å². The first-order valence-electron chi connectivity index (χ1n) is 6.16. The number of anilines is 1. The van der Waals surface area contributed by atoms with E-state index in [4.69, 9.17) is 10.6 Å². The van der Waals surface area contributed by atoms with Crippen LogP contribution in [0.2, 0.25) is 0 Å². The van der Waals surface area contributed by atoms with Crippen LogP contribution in [-0.2, 0) is 14.8 Å². The van der Waals surface area contributed by atoms with Crippen molar-refractivity contribution in [3.63, 3.8) is 0 Å². The van der Waals surface area contributed by atoms with E-state index in [1.54, 1.807) is 0 Å². The fourth-order valence-corrected chi connectivity index (χ4v) is 4.03. The maximum Gasteiger partial charge on any atom is 0.244 e. The van der Waals surface area contributed by atoms with Gasteiger partial charge in [0.15, 0.2) is 5.82 Å². The summed E-state index contributed by atoms with van der Waals surface area (Å²) in [4.78, 5) is 3.95. The van der Waals surface area contributed by atoms with Gasteiger partial charge in [-0.25, -0.2) is 24.0 Å². The van der Waals surface area contributed by atoms with Crippen LogP contribution in [0.5, 0.6) is 0 Å². The summed E-state index contributed by atoms with van der Waals surface area (Å²) in [6.45, 7) is 3.07. The number of hydrazine groups is 1. The zero-order valence-corrected chi connectivity index (χ0v) is 13.4. The standard InChI is InChI=1S/C11H17BrN4O3S/c1-7(8-2-3-19-6-8)16-20(17,18)10-4-9(12)5-14-11(10)15-13/h4-5,7-8,16H,2-3,6,13H2,1H3,(H,14,15). The number of ether oxygens (including phenoxy) is 1. The second kappa shape index (κ2) is 6.35. The summed E-state index contributed by atoms with van der Waals surface area (Å²) in [5, 5.41) is 0. The number of nitrogen functional groups attached to an aromatic ring is 1. The predicted molar refractivity (Wildman–Crippen MR) is 78.5 cm³/mol. The molecule has 2 heterocycles. The number of nitrogens with two attached hydrogens (primary N) is 1. The first-order chi connectivity index (χ1) is 9.44. The Hall–Kier alpha value is -0.740. The molecule has 0 aromatic carbocycles. The van der Waals surface area contributed by atoms with E-state index < -0.39 is 10.0 Å². The fraction of sp³-hybridized carbons (Fsp3) is 0.545. The third-order valence-corrected chi connectivity index (χ3v) is 5.26. The molecule has 2 unspecified atom stereocenters. The van der Waals surface area contributed by atoms with Crippen LogP contribution in [0.1, 0.15) is 13.3 Å². The monoisotopic (exact) mass is 364 g/mol. The van der Waals surface area contributed by atoms with Crippen LogP contribution < -0.4 is 16.0 Å². The smallest absolute Gasteiger partial charge is 0.244 e. The van der Waals surface area contributed by atoms with E-state index in [1.165, 1.54) is 12.3 Å². The molecule has 1 aromatic rings. The van der Waals surface area contributed by atoms with Crippen LogP contribution in [0.4, 0.5) is 5.82 Å². The number of aromatic nitrogens is 1. The minimum absolute atomic E-state index is 0.0140. The Morgan fingerprint density at radius 3 is 2.95 bits per heavy atom. The largest absolute Gasteiger partial charge is 0.381 e. The van der Waals surface area contributed by atoms with E-state index in [0.29, 0.717) is 17.7 Å². The summed E-state index contributed by atoms with van der Waals surface area (Å²) >= 11 is 3.21. The van der Waals surface area contributed by atoms with Crippen molar-refractivity contribution in [2.24, 2.45) is 11.8 Å². The normalized spacial score (nSPS) is 20.9. The number of halogens is 1. The van der Waals surface area contributed by atoms with Crippen LogP contribution in [0.3, 0.4) is 0 Å². The average molecular weight is 365 g/mol. The summed E-state index contributed by atoms with van der Waals surface area (Å²) in [7, 11) is -3.70. The summed E-state index contributed by atoms with van der Waals surface area (Å²) in [5.74, 6) is 5.60. The number of nitrogens with one attached hydrogen (secondary N) is 2. The highest BCUT2D eigenvalue weighted by Gasteiger charge is 2.28. The Balaban J connectivity index is 2.23. The first kappa shape index (κ1) is 15.6. The number of hydrogen-bond donors (Lipinski definition) is 3. The summed E-state index contributed by atoms with van der Waals surface area (Å²) in [6.07, 6.45) is 2.32. The van der Waals surface area contributed by atoms with Gasteiger partial charge in [-0.1, -0.05) is 0 Å². The van der Waals surface area contributed by atoms with Gasteiger partial charge in [0.25, 0.3) is 0 Å². The van der Waals surface area contributed by atoms with Gasteiger partial charge in [-0.05, 0) is 35.3 Å². The highest BCUT2D eigenvalue weighted by Crippen LogP contribution is 2.24. The van der Waals surface area contributed by atoms with Crippen LogP contribution in [0.15, 0.2) is 21.6 Å². The lowest BCUT2D eigenvalue weighted by atomic mass is 10.0. The van der Waals surface area contributed by atoms with Crippen molar-refractivity contribution in [1.82, 2.24) is 9.71 Å². The highest BCUT2D eigenvalue weighted by molar-refractivity contribution is 9.10. The van der Waals surface area contributed by atoms with Crippen LogP contribution >= 0.6 is 15.9 Å². The second-order valence-corrected chi connectivity index (χ2v) is 7.28. The van der Waals surface area contributed by atoms with Crippen molar-refractivity contribution in [2.45, 2.75) is 24.3 Å². The van der Waals surface area contributed by atoms with Crippen LogP contribution in [0, 0.1) is 5.92 Å². The zero-order valence-electron chi connectivity index (χ0n) is 11.0. The van der Waals surface area contributed by atoms with Gasteiger partial charge in [0.1, 0.15) is 4.90 Å². The lowest BCUT2D eigenvalue weighted by molar-refractivity contribution is 0.180. The molecular weight excluding hydrogens is 348 g/mol. The van der Waals surface area contributed by atoms with Gasteiger partial charge in [0.2, 0.25) is 10.0 Å². The SMILES string of the molecule is CC(NS(=O)(=O)c1cc(Br)cnc1NN)C1CCOC1. The lowest BCUT2D eigenvalue weighted by Gasteiger charge is -2.20. The second-order valence-electron chi connectivity index (χ2n) is 4.68.